The van der Waals surface area contributed by atoms with Gasteiger partial charge in [-0.25, -0.2) is 4.79 Å². The maximum atomic E-state index is 14.2. The third-order valence-corrected chi connectivity index (χ3v) is 8.11. The highest BCUT2D eigenvalue weighted by atomic mass is 16.6. The molecule has 0 radical (unpaired) electrons. The van der Waals surface area contributed by atoms with Crippen molar-refractivity contribution in [2.75, 3.05) is 0 Å². The first-order valence-electron chi connectivity index (χ1n) is 13.5. The Balaban J connectivity index is 2.19. The number of hydrogen-bond donors (Lipinski definition) is 2. The van der Waals surface area contributed by atoms with Crippen LogP contribution in [0.25, 0.3) is 0 Å². The highest BCUT2D eigenvalue weighted by Gasteiger charge is 2.60. The number of ketones is 1. The van der Waals surface area contributed by atoms with Crippen molar-refractivity contribution in [3.63, 3.8) is 0 Å². The molecule has 0 aromatic heterocycles. The fraction of sp³-hybridized carbons (Fsp3) is 0.548. The molecule has 1 saturated carbocycles. The molecule has 2 aliphatic carbocycles. The van der Waals surface area contributed by atoms with Gasteiger partial charge in [0.1, 0.15) is 12.2 Å². The zero-order valence-electron chi connectivity index (χ0n) is 24.2. The first kappa shape index (κ1) is 31.2. The van der Waals surface area contributed by atoms with Crippen molar-refractivity contribution in [1.29, 1.82) is 0 Å². The minimum atomic E-state index is -1.74. The van der Waals surface area contributed by atoms with Crippen LogP contribution in [-0.4, -0.2) is 63.9 Å². The number of ether oxygens (including phenoxy) is 3. The average Bonchev–Trinajstić information content (AvgIpc) is 3.12. The SMILES string of the molecule is CC(=O)O[C@@H]1C[C@@H](O)/C(C)=C/[C@H]2[C@@H](OC(=O)c3ccccc3)[C@@H](C)C[C@]2(OC(C)=O)C(=O)/C(C)=C/[C@H](O)C1(C)C. The zero-order chi connectivity index (χ0) is 30.0. The van der Waals surface area contributed by atoms with Gasteiger partial charge in [-0.1, -0.05) is 45.0 Å². The van der Waals surface area contributed by atoms with Crippen LogP contribution in [0.3, 0.4) is 0 Å². The molecule has 0 spiro atoms. The zero-order valence-corrected chi connectivity index (χ0v) is 24.2. The van der Waals surface area contributed by atoms with Gasteiger partial charge in [0.25, 0.3) is 0 Å². The van der Waals surface area contributed by atoms with Gasteiger partial charge in [0, 0.05) is 32.1 Å². The van der Waals surface area contributed by atoms with Crippen LogP contribution in [0.15, 0.2) is 53.6 Å². The summed E-state index contributed by atoms with van der Waals surface area (Å²) in [7, 11) is 0. The molecule has 40 heavy (non-hydrogen) atoms. The third kappa shape index (κ3) is 6.36. The summed E-state index contributed by atoms with van der Waals surface area (Å²) in [6, 6.07) is 8.41. The molecule has 0 bridgehead atoms. The molecule has 0 saturated heterocycles. The van der Waals surface area contributed by atoms with Crippen LogP contribution in [-0.2, 0) is 28.6 Å². The first-order valence-corrected chi connectivity index (χ1v) is 13.5. The predicted octanol–water partition coefficient (Wildman–Crippen LogP) is 3.72. The molecule has 1 aromatic carbocycles. The van der Waals surface area contributed by atoms with Gasteiger partial charge in [-0.3, -0.25) is 14.4 Å². The van der Waals surface area contributed by atoms with Crippen molar-refractivity contribution in [2.24, 2.45) is 17.3 Å². The molecule has 0 unspecified atom stereocenters. The van der Waals surface area contributed by atoms with Crippen molar-refractivity contribution in [3.8, 4) is 0 Å². The van der Waals surface area contributed by atoms with E-state index in [0.717, 1.165) is 0 Å². The molecule has 0 heterocycles. The van der Waals surface area contributed by atoms with E-state index in [-0.39, 0.29) is 18.4 Å². The number of carbonyl (C=O) groups excluding carboxylic acids is 4. The lowest BCUT2D eigenvalue weighted by atomic mass is 9.74. The molecule has 7 atom stereocenters. The van der Waals surface area contributed by atoms with Crippen LogP contribution in [0, 0.1) is 17.3 Å². The smallest absolute Gasteiger partial charge is 0.338 e. The largest absolute Gasteiger partial charge is 0.462 e. The van der Waals surface area contributed by atoms with E-state index in [1.165, 1.54) is 26.8 Å². The minimum absolute atomic E-state index is 0.0376. The number of hydrogen-bond acceptors (Lipinski definition) is 9. The van der Waals surface area contributed by atoms with Gasteiger partial charge < -0.3 is 24.4 Å². The highest BCUT2D eigenvalue weighted by molar-refractivity contribution is 6.03. The molecule has 1 fully saturated rings. The summed E-state index contributed by atoms with van der Waals surface area (Å²) in [4.78, 5) is 51.6. The fourth-order valence-electron chi connectivity index (χ4n) is 5.73. The van der Waals surface area contributed by atoms with E-state index in [1.807, 2.05) is 0 Å². The lowest BCUT2D eigenvalue weighted by Gasteiger charge is -2.39. The lowest BCUT2D eigenvalue weighted by molar-refractivity contribution is -0.168. The van der Waals surface area contributed by atoms with Gasteiger partial charge >= 0.3 is 17.9 Å². The summed E-state index contributed by atoms with van der Waals surface area (Å²) in [5.74, 6) is -3.76. The van der Waals surface area contributed by atoms with Gasteiger partial charge in [-0.15, -0.1) is 0 Å². The van der Waals surface area contributed by atoms with Crippen LogP contribution in [0.4, 0.5) is 0 Å². The maximum Gasteiger partial charge on any atom is 0.338 e. The Bertz CT molecular complexity index is 1200. The summed E-state index contributed by atoms with van der Waals surface area (Å²) >= 11 is 0. The van der Waals surface area contributed by atoms with Crippen molar-refractivity contribution in [1.82, 2.24) is 0 Å². The normalized spacial score (nSPS) is 35.0. The number of aliphatic hydroxyl groups is 2. The number of benzene rings is 1. The number of carbonyl (C=O) groups is 4. The molecule has 9 heteroatoms. The average molecular weight is 557 g/mol. The molecule has 2 N–H and O–H groups in total. The quantitative estimate of drug-likeness (QED) is 0.323. The predicted molar refractivity (Wildman–Crippen MR) is 146 cm³/mol. The van der Waals surface area contributed by atoms with Crippen molar-refractivity contribution < 1.29 is 43.6 Å². The van der Waals surface area contributed by atoms with Crippen LogP contribution in [0.5, 0.6) is 0 Å². The fourth-order valence-corrected chi connectivity index (χ4v) is 5.73. The first-order chi connectivity index (χ1) is 18.6. The number of Topliss-reactive ketones (excluding diaryl/α,β-unsaturated/α-hetero) is 1. The Hall–Kier alpha value is -3.30. The van der Waals surface area contributed by atoms with E-state index < -0.39 is 71.0 Å². The van der Waals surface area contributed by atoms with Crippen LogP contribution < -0.4 is 0 Å². The molecule has 218 valence electrons. The van der Waals surface area contributed by atoms with E-state index >= 15 is 0 Å². The van der Waals surface area contributed by atoms with Crippen LogP contribution in [0.2, 0.25) is 0 Å². The second kappa shape index (κ2) is 12.1. The van der Waals surface area contributed by atoms with Gasteiger partial charge in [0.05, 0.1) is 23.7 Å². The Morgan fingerprint density at radius 2 is 1.57 bits per heavy atom. The number of aliphatic hydroxyl groups excluding tert-OH is 2. The summed E-state index contributed by atoms with van der Waals surface area (Å²) in [6.07, 6.45) is -1.17. The molecule has 0 amide bonds. The summed E-state index contributed by atoms with van der Waals surface area (Å²) in [6.45, 7) is 10.8. The van der Waals surface area contributed by atoms with Gasteiger partial charge in [0.2, 0.25) is 5.78 Å². The summed E-state index contributed by atoms with van der Waals surface area (Å²) in [5.41, 5.74) is -1.95. The Morgan fingerprint density at radius 3 is 2.15 bits per heavy atom. The second-order valence-corrected chi connectivity index (χ2v) is 11.6. The van der Waals surface area contributed by atoms with Crippen molar-refractivity contribution in [3.05, 3.63) is 59.2 Å². The van der Waals surface area contributed by atoms with Gasteiger partial charge in [0.15, 0.2) is 5.60 Å². The number of esters is 3. The highest BCUT2D eigenvalue weighted by Crippen LogP contribution is 2.48. The Kier molecular flexibility index (Phi) is 9.42. The topological polar surface area (TPSA) is 136 Å². The molecule has 9 nitrogen and oxygen atoms in total. The van der Waals surface area contributed by atoms with Gasteiger partial charge in [-0.05, 0) is 49.1 Å². The second-order valence-electron chi connectivity index (χ2n) is 11.6. The minimum Gasteiger partial charge on any atom is -0.462 e. The van der Waals surface area contributed by atoms with E-state index in [1.54, 1.807) is 64.1 Å². The van der Waals surface area contributed by atoms with Crippen LogP contribution in [0.1, 0.15) is 71.7 Å². The number of fused-ring (bicyclic) bond motifs is 1. The standard InChI is InChI=1S/C31H40O9/c1-17-13-23-27(39-29(37)22-11-9-8-10-12-22)19(3)16-31(23,40-21(5)33)28(36)18(2)14-25(35)30(6,7)26(15-24(17)34)38-20(4)32/h8-14,19,23-27,34-35H,15-16H2,1-7H3/b17-13+,18-14+/t19-,23-,24+,25-,26+,27-,31+/m0/s1. The van der Waals surface area contributed by atoms with Gasteiger partial charge in [-0.2, -0.15) is 0 Å². The van der Waals surface area contributed by atoms with E-state index in [4.69, 9.17) is 14.2 Å². The Labute approximate surface area is 235 Å². The van der Waals surface area contributed by atoms with Crippen molar-refractivity contribution in [2.45, 2.75) is 91.3 Å². The third-order valence-electron chi connectivity index (χ3n) is 8.11. The molecule has 1 aromatic rings. The number of rotatable bonds is 4. The maximum absolute atomic E-state index is 14.2. The lowest BCUT2D eigenvalue weighted by Crippen LogP contribution is -2.50. The van der Waals surface area contributed by atoms with Crippen molar-refractivity contribution >= 4 is 23.7 Å². The summed E-state index contributed by atoms with van der Waals surface area (Å²) in [5, 5.41) is 22.4. The summed E-state index contributed by atoms with van der Waals surface area (Å²) < 4.78 is 17.3. The monoisotopic (exact) mass is 556 g/mol. The molecule has 2 aliphatic rings. The van der Waals surface area contributed by atoms with E-state index in [2.05, 4.69) is 0 Å². The van der Waals surface area contributed by atoms with E-state index in [9.17, 15) is 29.4 Å². The molecule has 3 rings (SSSR count). The molecular formula is C31H40O9. The Morgan fingerprint density at radius 1 is 0.950 bits per heavy atom. The molecule has 0 aliphatic heterocycles. The molecular weight excluding hydrogens is 516 g/mol. The van der Waals surface area contributed by atoms with Crippen LogP contribution >= 0.6 is 0 Å². The van der Waals surface area contributed by atoms with E-state index in [0.29, 0.717) is 11.1 Å².